The molecule has 0 bridgehead atoms. The van der Waals surface area contributed by atoms with Crippen molar-refractivity contribution in [2.75, 3.05) is 0 Å². The highest BCUT2D eigenvalue weighted by molar-refractivity contribution is 5.72. The molecular formula is C21H15F6N5O3. The number of aromatic nitrogens is 5. The number of pyridine rings is 1. The van der Waals surface area contributed by atoms with E-state index in [0.717, 1.165) is 50.2 Å². The van der Waals surface area contributed by atoms with Crippen LogP contribution in [0.2, 0.25) is 0 Å². The summed E-state index contributed by atoms with van der Waals surface area (Å²) < 4.78 is 86.4. The molecular weight excluding hydrogens is 484 g/mol. The lowest BCUT2D eigenvalue weighted by Crippen LogP contribution is -2.37. The number of alkyl halides is 6. The van der Waals surface area contributed by atoms with Crippen molar-refractivity contribution in [2.24, 2.45) is 14.1 Å². The molecule has 0 aliphatic rings. The maximum absolute atomic E-state index is 13.1. The number of hydrogen-bond donors (Lipinski definition) is 0. The number of rotatable bonds is 4. The molecule has 3 heterocycles. The summed E-state index contributed by atoms with van der Waals surface area (Å²) in [5.74, 6) is -0.260. The van der Waals surface area contributed by atoms with E-state index >= 15 is 0 Å². The second-order valence-corrected chi connectivity index (χ2v) is 7.54. The molecule has 4 aromatic rings. The molecule has 184 valence electrons. The van der Waals surface area contributed by atoms with Crippen molar-refractivity contribution < 1.29 is 31.1 Å². The summed E-state index contributed by atoms with van der Waals surface area (Å²) in [7, 11) is 2.55. The molecule has 0 saturated heterocycles. The molecule has 8 nitrogen and oxygen atoms in total. The van der Waals surface area contributed by atoms with Crippen LogP contribution < -0.4 is 16.0 Å². The summed E-state index contributed by atoms with van der Waals surface area (Å²) in [6, 6.07) is 5.43. The Kier molecular flexibility index (Phi) is 5.69. The topological polar surface area (TPSA) is 83.9 Å². The van der Waals surface area contributed by atoms with Crippen LogP contribution >= 0.6 is 0 Å². The largest absolute Gasteiger partial charge is 0.433 e. The van der Waals surface area contributed by atoms with Gasteiger partial charge in [0.2, 0.25) is 0 Å². The summed E-state index contributed by atoms with van der Waals surface area (Å²) >= 11 is 0. The zero-order valence-electron chi connectivity index (χ0n) is 18.0. The summed E-state index contributed by atoms with van der Waals surface area (Å²) in [6.07, 6.45) is -8.37. The molecule has 4 rings (SSSR count). The molecule has 35 heavy (non-hydrogen) atoms. The second-order valence-electron chi connectivity index (χ2n) is 7.54. The van der Waals surface area contributed by atoms with Crippen LogP contribution in [0.25, 0.3) is 11.2 Å². The first-order valence-corrected chi connectivity index (χ1v) is 9.81. The first-order chi connectivity index (χ1) is 16.3. The highest BCUT2D eigenvalue weighted by Crippen LogP contribution is 2.33. The van der Waals surface area contributed by atoms with Gasteiger partial charge in [-0.2, -0.15) is 31.3 Å². The van der Waals surface area contributed by atoms with E-state index < -0.39 is 34.9 Å². The van der Waals surface area contributed by atoms with Gasteiger partial charge in [-0.3, -0.25) is 23.5 Å². The van der Waals surface area contributed by atoms with Crippen LogP contribution in [0, 0.1) is 0 Å². The lowest BCUT2D eigenvalue weighted by molar-refractivity contribution is -0.141. The minimum absolute atomic E-state index is 0.125. The molecule has 0 amide bonds. The first-order valence-electron chi connectivity index (χ1n) is 9.81. The molecule has 0 unspecified atom stereocenters. The van der Waals surface area contributed by atoms with Crippen molar-refractivity contribution in [3.8, 4) is 11.8 Å². The Hall–Kier alpha value is -4.10. The van der Waals surface area contributed by atoms with Crippen molar-refractivity contribution in [3.63, 3.8) is 0 Å². The fourth-order valence-corrected chi connectivity index (χ4v) is 3.36. The Bertz CT molecular complexity index is 1530. The summed E-state index contributed by atoms with van der Waals surface area (Å²) in [5.41, 5.74) is -3.68. The van der Waals surface area contributed by atoms with E-state index in [9.17, 15) is 35.9 Å². The van der Waals surface area contributed by atoms with Crippen LogP contribution in [-0.2, 0) is 33.0 Å². The van der Waals surface area contributed by atoms with E-state index in [1.807, 2.05) is 0 Å². The predicted molar refractivity (Wildman–Crippen MR) is 110 cm³/mol. The Morgan fingerprint density at radius 2 is 1.66 bits per heavy atom. The molecule has 0 fully saturated rings. The number of ether oxygens (including phenoxy) is 1. The molecule has 0 spiro atoms. The number of nitrogens with zero attached hydrogens (tertiary/aromatic N) is 5. The normalized spacial score (nSPS) is 12.3. The van der Waals surface area contributed by atoms with Crippen LogP contribution in [0.5, 0.6) is 11.8 Å². The molecule has 0 aliphatic heterocycles. The standard InChI is InChI=1S/C21H15F6N5O3/c1-30-16-15(17(33)31(2)19(30)34)32(10-11-6-7-14(28-9-11)21(25,26)27)18(29-16)35-13-5-3-4-12(8-13)20(22,23)24/h3-9H,10H2,1-2H3. The molecule has 1 aromatic carbocycles. The maximum Gasteiger partial charge on any atom is 0.433 e. The summed E-state index contributed by atoms with van der Waals surface area (Å²) in [4.78, 5) is 32.7. The van der Waals surface area contributed by atoms with Gasteiger partial charge in [0.25, 0.3) is 5.56 Å². The zero-order valence-corrected chi connectivity index (χ0v) is 18.0. The Morgan fingerprint density at radius 3 is 2.26 bits per heavy atom. The molecule has 0 N–H and O–H groups in total. The van der Waals surface area contributed by atoms with E-state index in [2.05, 4.69) is 9.97 Å². The van der Waals surface area contributed by atoms with Crippen molar-refractivity contribution in [2.45, 2.75) is 18.9 Å². The van der Waals surface area contributed by atoms with E-state index in [1.54, 1.807) is 0 Å². The monoisotopic (exact) mass is 499 g/mol. The van der Waals surface area contributed by atoms with Crippen molar-refractivity contribution >= 4 is 11.2 Å². The third kappa shape index (κ3) is 4.50. The van der Waals surface area contributed by atoms with E-state index in [1.165, 1.54) is 20.2 Å². The number of aryl methyl sites for hydroxylation is 1. The van der Waals surface area contributed by atoms with Gasteiger partial charge in [-0.05, 0) is 29.8 Å². The predicted octanol–water partition coefficient (Wildman–Crippen LogP) is 3.71. The number of imidazole rings is 1. The fourth-order valence-electron chi connectivity index (χ4n) is 3.36. The minimum atomic E-state index is -4.66. The summed E-state index contributed by atoms with van der Waals surface area (Å²) in [5, 5.41) is 0. The third-order valence-corrected chi connectivity index (χ3v) is 5.14. The average molecular weight is 499 g/mol. The van der Waals surface area contributed by atoms with Gasteiger partial charge in [-0.25, -0.2) is 4.79 Å². The molecule has 3 aromatic heterocycles. The minimum Gasteiger partial charge on any atom is -0.425 e. The van der Waals surface area contributed by atoms with Gasteiger partial charge < -0.3 is 4.74 Å². The lowest BCUT2D eigenvalue weighted by Gasteiger charge is -2.12. The number of hydrogen-bond acceptors (Lipinski definition) is 5. The van der Waals surface area contributed by atoms with Gasteiger partial charge in [-0.1, -0.05) is 12.1 Å². The van der Waals surface area contributed by atoms with Crippen molar-refractivity contribution in [3.05, 3.63) is 80.3 Å². The van der Waals surface area contributed by atoms with Crippen LogP contribution in [0.4, 0.5) is 26.3 Å². The lowest BCUT2D eigenvalue weighted by atomic mass is 10.2. The van der Waals surface area contributed by atoms with Crippen LogP contribution in [-0.4, -0.2) is 23.7 Å². The first kappa shape index (κ1) is 24.0. The van der Waals surface area contributed by atoms with Gasteiger partial charge in [0.05, 0.1) is 12.1 Å². The highest BCUT2D eigenvalue weighted by Gasteiger charge is 2.32. The summed E-state index contributed by atoms with van der Waals surface area (Å²) in [6.45, 7) is -0.274. The van der Waals surface area contributed by atoms with Gasteiger partial charge in [0, 0.05) is 20.3 Å². The molecule has 0 atom stereocenters. The second kappa shape index (κ2) is 8.29. The van der Waals surface area contributed by atoms with Crippen molar-refractivity contribution in [1.29, 1.82) is 0 Å². The highest BCUT2D eigenvalue weighted by atomic mass is 19.4. The van der Waals surface area contributed by atoms with Gasteiger partial charge in [0.1, 0.15) is 11.4 Å². The molecule has 0 saturated carbocycles. The maximum atomic E-state index is 13.1. The average Bonchev–Trinajstić information content (AvgIpc) is 3.13. The third-order valence-electron chi connectivity index (χ3n) is 5.14. The Labute approximate surface area is 191 Å². The van der Waals surface area contributed by atoms with Crippen LogP contribution in [0.15, 0.2) is 52.2 Å². The van der Waals surface area contributed by atoms with E-state index in [4.69, 9.17) is 4.74 Å². The number of halogens is 6. The van der Waals surface area contributed by atoms with E-state index in [-0.39, 0.29) is 35.0 Å². The van der Waals surface area contributed by atoms with Crippen LogP contribution in [0.3, 0.4) is 0 Å². The molecule has 0 radical (unpaired) electrons. The van der Waals surface area contributed by atoms with Crippen molar-refractivity contribution in [1.82, 2.24) is 23.7 Å². The number of benzene rings is 1. The smallest absolute Gasteiger partial charge is 0.425 e. The van der Waals surface area contributed by atoms with Gasteiger partial charge in [-0.15, -0.1) is 0 Å². The van der Waals surface area contributed by atoms with Gasteiger partial charge >= 0.3 is 24.1 Å². The van der Waals surface area contributed by atoms with Gasteiger partial charge in [0.15, 0.2) is 11.2 Å². The SMILES string of the molecule is Cn1c(=O)c2c(nc(Oc3cccc(C(F)(F)F)c3)n2Cc2ccc(C(F)(F)F)nc2)n(C)c1=O. The molecule has 0 aliphatic carbocycles. The fraction of sp³-hybridized carbons (Fsp3) is 0.238. The molecule has 14 heteroatoms. The Morgan fingerprint density at radius 1 is 0.943 bits per heavy atom. The van der Waals surface area contributed by atoms with Crippen LogP contribution in [0.1, 0.15) is 16.8 Å². The Balaban J connectivity index is 1.87. The van der Waals surface area contributed by atoms with E-state index in [0.29, 0.717) is 0 Å². The number of fused-ring (bicyclic) bond motifs is 1. The zero-order chi connectivity index (χ0) is 25.7. The quantitative estimate of drug-likeness (QED) is 0.400.